The summed E-state index contributed by atoms with van der Waals surface area (Å²) < 4.78 is 39.7. The van der Waals surface area contributed by atoms with E-state index in [1.807, 2.05) is 0 Å². The maximum Gasteiger partial charge on any atom is 0.573 e. The van der Waals surface area contributed by atoms with Crippen molar-refractivity contribution in [3.63, 3.8) is 0 Å². The Bertz CT molecular complexity index is 625. The fraction of sp³-hybridized carbons (Fsp3) is 0.0769. The molecular weight excluding hydrogens is 287 g/mol. The summed E-state index contributed by atoms with van der Waals surface area (Å²) in [5, 5.41) is 2.51. The van der Waals surface area contributed by atoms with Crippen LogP contribution in [0.4, 0.5) is 24.7 Å². The largest absolute Gasteiger partial charge is 0.573 e. The van der Waals surface area contributed by atoms with Gasteiger partial charge in [-0.15, -0.1) is 13.2 Å². The van der Waals surface area contributed by atoms with Crippen molar-refractivity contribution in [1.82, 2.24) is 4.98 Å². The molecule has 110 valence electrons. The first-order valence-corrected chi connectivity index (χ1v) is 5.72. The molecule has 0 fully saturated rings. The average Bonchev–Trinajstić information content (AvgIpc) is 2.40. The molecule has 0 saturated carbocycles. The van der Waals surface area contributed by atoms with Crippen LogP contribution in [-0.4, -0.2) is 17.3 Å². The molecule has 3 N–H and O–H groups in total. The zero-order chi connectivity index (χ0) is 15.5. The molecule has 0 bridgehead atoms. The van der Waals surface area contributed by atoms with E-state index in [2.05, 4.69) is 15.0 Å². The number of carbonyl (C=O) groups is 1. The standard InChI is InChI=1S/C13H10F3N3O2/c14-13(15,16)21-10-4-2-9(3-5-10)19-12(20)8-1-6-11(17)18-7-8/h1-7H,(H2,17,18)(H,19,20). The first-order valence-electron chi connectivity index (χ1n) is 5.72. The van der Waals surface area contributed by atoms with Gasteiger partial charge in [0.05, 0.1) is 5.56 Å². The zero-order valence-electron chi connectivity index (χ0n) is 10.5. The third-order valence-electron chi connectivity index (χ3n) is 2.39. The van der Waals surface area contributed by atoms with E-state index in [1.54, 1.807) is 0 Å². The molecule has 0 aliphatic carbocycles. The number of nitrogens with zero attached hydrogens (tertiary/aromatic N) is 1. The monoisotopic (exact) mass is 297 g/mol. The molecule has 0 aliphatic rings. The minimum Gasteiger partial charge on any atom is -0.406 e. The Hall–Kier alpha value is -2.77. The highest BCUT2D eigenvalue weighted by Gasteiger charge is 2.30. The number of nitrogens with one attached hydrogen (secondary N) is 1. The average molecular weight is 297 g/mol. The predicted octanol–water partition coefficient (Wildman–Crippen LogP) is 2.81. The van der Waals surface area contributed by atoms with Gasteiger partial charge in [0.2, 0.25) is 0 Å². The van der Waals surface area contributed by atoms with Crippen molar-refractivity contribution in [3.05, 3.63) is 48.2 Å². The number of pyridine rings is 1. The molecular formula is C13H10F3N3O2. The van der Waals surface area contributed by atoms with E-state index in [0.29, 0.717) is 5.69 Å². The van der Waals surface area contributed by atoms with E-state index >= 15 is 0 Å². The molecule has 21 heavy (non-hydrogen) atoms. The SMILES string of the molecule is Nc1ccc(C(=O)Nc2ccc(OC(F)(F)F)cc2)cn1. The van der Waals surface area contributed by atoms with Gasteiger partial charge in [-0.3, -0.25) is 4.79 Å². The van der Waals surface area contributed by atoms with E-state index in [0.717, 1.165) is 12.1 Å². The zero-order valence-corrected chi connectivity index (χ0v) is 10.5. The lowest BCUT2D eigenvalue weighted by molar-refractivity contribution is -0.274. The number of benzene rings is 1. The third kappa shape index (κ3) is 4.37. The summed E-state index contributed by atoms with van der Waals surface area (Å²) in [5.41, 5.74) is 6.00. The number of ether oxygens (including phenoxy) is 1. The number of nitrogens with two attached hydrogens (primary N) is 1. The van der Waals surface area contributed by atoms with E-state index in [-0.39, 0.29) is 17.1 Å². The van der Waals surface area contributed by atoms with Crippen LogP contribution >= 0.6 is 0 Å². The number of hydrogen-bond acceptors (Lipinski definition) is 4. The number of halogens is 3. The summed E-state index contributed by atoms with van der Waals surface area (Å²) in [5.74, 6) is -0.540. The van der Waals surface area contributed by atoms with E-state index < -0.39 is 12.3 Å². The van der Waals surface area contributed by atoms with Crippen LogP contribution in [0.3, 0.4) is 0 Å². The smallest absolute Gasteiger partial charge is 0.406 e. The lowest BCUT2D eigenvalue weighted by Crippen LogP contribution is -2.17. The predicted molar refractivity (Wildman–Crippen MR) is 69.7 cm³/mol. The van der Waals surface area contributed by atoms with Crippen molar-refractivity contribution in [2.45, 2.75) is 6.36 Å². The van der Waals surface area contributed by atoms with Gasteiger partial charge < -0.3 is 15.8 Å². The van der Waals surface area contributed by atoms with Crippen LogP contribution < -0.4 is 15.8 Å². The number of anilines is 2. The normalized spacial score (nSPS) is 11.0. The highest BCUT2D eigenvalue weighted by Crippen LogP contribution is 2.24. The van der Waals surface area contributed by atoms with Gasteiger partial charge >= 0.3 is 6.36 Å². The summed E-state index contributed by atoms with van der Waals surface area (Å²) in [6.07, 6.45) is -3.45. The van der Waals surface area contributed by atoms with Crippen molar-refractivity contribution in [2.24, 2.45) is 0 Å². The second kappa shape index (κ2) is 5.70. The summed E-state index contributed by atoms with van der Waals surface area (Å²) in [4.78, 5) is 15.6. The van der Waals surface area contributed by atoms with Crippen LogP contribution in [0.25, 0.3) is 0 Å². The molecule has 8 heteroatoms. The van der Waals surface area contributed by atoms with Crippen molar-refractivity contribution < 1.29 is 22.7 Å². The summed E-state index contributed by atoms with van der Waals surface area (Å²) in [6.45, 7) is 0. The molecule has 2 rings (SSSR count). The number of amides is 1. The second-order valence-corrected chi connectivity index (χ2v) is 4.00. The highest BCUT2D eigenvalue weighted by atomic mass is 19.4. The van der Waals surface area contributed by atoms with Crippen LogP contribution in [0, 0.1) is 0 Å². The fourth-order valence-corrected chi connectivity index (χ4v) is 1.48. The number of rotatable bonds is 3. The summed E-state index contributed by atoms with van der Waals surface area (Å²) in [6, 6.07) is 7.75. The van der Waals surface area contributed by atoms with Gasteiger partial charge in [0.15, 0.2) is 0 Å². The Morgan fingerprint density at radius 1 is 1.14 bits per heavy atom. The summed E-state index contributed by atoms with van der Waals surface area (Å²) >= 11 is 0. The van der Waals surface area contributed by atoms with Crippen LogP contribution in [0.2, 0.25) is 0 Å². The first kappa shape index (κ1) is 14.6. The molecule has 1 heterocycles. The molecule has 0 spiro atoms. The Kier molecular flexibility index (Phi) is 3.97. The molecule has 0 radical (unpaired) electrons. The third-order valence-corrected chi connectivity index (χ3v) is 2.39. The number of nitrogen functional groups attached to an aromatic ring is 1. The number of aromatic nitrogens is 1. The molecule has 0 unspecified atom stereocenters. The molecule has 0 aliphatic heterocycles. The number of carbonyl (C=O) groups excluding carboxylic acids is 1. The van der Waals surface area contributed by atoms with E-state index in [9.17, 15) is 18.0 Å². The lowest BCUT2D eigenvalue weighted by atomic mass is 10.2. The Morgan fingerprint density at radius 3 is 2.33 bits per heavy atom. The van der Waals surface area contributed by atoms with Gasteiger partial charge in [0, 0.05) is 11.9 Å². The van der Waals surface area contributed by atoms with Gasteiger partial charge in [-0.25, -0.2) is 4.98 Å². The molecule has 1 amide bonds. The summed E-state index contributed by atoms with van der Waals surface area (Å²) in [7, 11) is 0. The van der Waals surface area contributed by atoms with Gasteiger partial charge in [0.25, 0.3) is 5.91 Å². The van der Waals surface area contributed by atoms with Gasteiger partial charge in [-0.05, 0) is 36.4 Å². The fourth-order valence-electron chi connectivity index (χ4n) is 1.48. The van der Waals surface area contributed by atoms with Crippen molar-refractivity contribution in [3.8, 4) is 5.75 Å². The minimum absolute atomic E-state index is 0.278. The molecule has 0 saturated heterocycles. The van der Waals surface area contributed by atoms with Gasteiger partial charge in [-0.1, -0.05) is 0 Å². The Labute approximate surface area is 117 Å². The second-order valence-electron chi connectivity index (χ2n) is 4.00. The molecule has 0 atom stereocenters. The Balaban J connectivity index is 2.03. The molecule has 1 aromatic heterocycles. The Morgan fingerprint density at radius 2 is 1.81 bits per heavy atom. The topological polar surface area (TPSA) is 77.2 Å². The van der Waals surface area contributed by atoms with Crippen LogP contribution in [0.15, 0.2) is 42.6 Å². The lowest BCUT2D eigenvalue weighted by Gasteiger charge is -2.10. The van der Waals surface area contributed by atoms with Crippen molar-refractivity contribution in [1.29, 1.82) is 0 Å². The maximum atomic E-state index is 12.0. The first-order chi connectivity index (χ1) is 9.83. The van der Waals surface area contributed by atoms with E-state index in [1.165, 1.54) is 30.5 Å². The van der Waals surface area contributed by atoms with E-state index in [4.69, 9.17) is 5.73 Å². The van der Waals surface area contributed by atoms with Crippen LogP contribution in [0.5, 0.6) is 5.75 Å². The van der Waals surface area contributed by atoms with Gasteiger partial charge in [0.1, 0.15) is 11.6 Å². The number of hydrogen-bond donors (Lipinski definition) is 2. The van der Waals surface area contributed by atoms with Gasteiger partial charge in [-0.2, -0.15) is 0 Å². The quantitative estimate of drug-likeness (QED) is 0.913. The number of alkyl halides is 3. The van der Waals surface area contributed by atoms with Crippen LogP contribution in [0.1, 0.15) is 10.4 Å². The highest BCUT2D eigenvalue weighted by molar-refractivity contribution is 6.04. The van der Waals surface area contributed by atoms with Crippen molar-refractivity contribution in [2.75, 3.05) is 11.1 Å². The van der Waals surface area contributed by atoms with Crippen molar-refractivity contribution >= 4 is 17.4 Å². The van der Waals surface area contributed by atoms with Crippen LogP contribution in [-0.2, 0) is 0 Å². The maximum absolute atomic E-state index is 12.0. The molecule has 1 aromatic carbocycles. The molecule has 5 nitrogen and oxygen atoms in total. The molecule has 2 aromatic rings. The minimum atomic E-state index is -4.75.